The summed E-state index contributed by atoms with van der Waals surface area (Å²) >= 11 is 0. The molecule has 0 saturated heterocycles. The van der Waals surface area contributed by atoms with Crippen LogP contribution < -0.4 is 10.0 Å². The van der Waals surface area contributed by atoms with Gasteiger partial charge in [-0.2, -0.15) is 0 Å². The summed E-state index contributed by atoms with van der Waals surface area (Å²) in [5.74, 6) is -1.48. The number of hydrogen-bond donors (Lipinski definition) is 1. The first-order chi connectivity index (χ1) is 10.4. The molecule has 0 saturated carbocycles. The molecule has 2 aromatic rings. The Hall–Kier alpha value is -2.41. The number of nitrogens with two attached hydrogens (primary N) is 1. The van der Waals surface area contributed by atoms with Gasteiger partial charge in [0.15, 0.2) is 0 Å². The van der Waals surface area contributed by atoms with E-state index in [0.717, 1.165) is 10.4 Å². The van der Waals surface area contributed by atoms with Gasteiger partial charge in [0.05, 0.1) is 5.69 Å². The molecule has 1 amide bonds. The van der Waals surface area contributed by atoms with E-state index in [9.17, 15) is 17.6 Å². The van der Waals surface area contributed by atoms with Crippen LogP contribution in [0, 0.1) is 5.82 Å². The normalized spacial score (nSPS) is 11.1. The molecule has 0 aromatic heterocycles. The molecule has 2 aromatic carbocycles. The maximum atomic E-state index is 13.9. The Kier molecular flexibility index (Phi) is 4.77. The lowest BCUT2D eigenvalue weighted by atomic mass is 10.3. The van der Waals surface area contributed by atoms with Gasteiger partial charge in [0.25, 0.3) is 10.0 Å². The Morgan fingerprint density at radius 3 is 2.23 bits per heavy atom. The number of benzene rings is 2. The number of amides is 1. The number of halogens is 1. The lowest BCUT2D eigenvalue weighted by Gasteiger charge is -2.24. The fraction of sp³-hybridized carbons (Fsp3) is 0.133. The maximum absolute atomic E-state index is 13.9. The number of rotatable bonds is 6. The topological polar surface area (TPSA) is 80.5 Å². The van der Waals surface area contributed by atoms with Crippen LogP contribution in [0.3, 0.4) is 0 Å². The number of hydrogen-bond acceptors (Lipinski definition) is 3. The minimum atomic E-state index is -4.13. The Morgan fingerprint density at radius 2 is 1.64 bits per heavy atom. The number of carbonyl (C=O) groups excluding carboxylic acids is 1. The van der Waals surface area contributed by atoms with Crippen LogP contribution in [0.5, 0.6) is 0 Å². The molecule has 0 aliphatic rings. The van der Waals surface area contributed by atoms with Crippen molar-refractivity contribution in [3.63, 3.8) is 0 Å². The molecule has 0 aliphatic carbocycles. The second-order valence-corrected chi connectivity index (χ2v) is 6.39. The van der Waals surface area contributed by atoms with Gasteiger partial charge in [-0.1, -0.05) is 30.3 Å². The number of para-hydroxylation sites is 1. The van der Waals surface area contributed by atoms with Crippen molar-refractivity contribution in [1.29, 1.82) is 0 Å². The standard InChI is InChI=1S/C15H15FN2O3S/c16-13-8-4-5-9-14(13)22(20,21)18(11-10-15(17)19)12-6-2-1-3-7-12/h1-9H,10-11H2,(H2,17,19). The third kappa shape index (κ3) is 3.43. The van der Waals surface area contributed by atoms with Crippen LogP contribution in [0.4, 0.5) is 10.1 Å². The molecule has 0 atom stereocenters. The Morgan fingerprint density at radius 1 is 1.05 bits per heavy atom. The second-order valence-electron chi connectivity index (χ2n) is 4.56. The Bertz CT molecular complexity index is 763. The number of primary amides is 1. The number of anilines is 1. The van der Waals surface area contributed by atoms with Gasteiger partial charge in [0.1, 0.15) is 10.7 Å². The van der Waals surface area contributed by atoms with Gasteiger partial charge >= 0.3 is 0 Å². The molecule has 5 nitrogen and oxygen atoms in total. The first-order valence-electron chi connectivity index (χ1n) is 6.53. The summed E-state index contributed by atoms with van der Waals surface area (Å²) < 4.78 is 40.2. The van der Waals surface area contributed by atoms with Crippen molar-refractivity contribution in [2.45, 2.75) is 11.3 Å². The highest BCUT2D eigenvalue weighted by atomic mass is 32.2. The highest BCUT2D eigenvalue weighted by Gasteiger charge is 2.27. The number of sulfonamides is 1. The van der Waals surface area contributed by atoms with Crippen LogP contribution in [-0.4, -0.2) is 20.9 Å². The molecule has 2 rings (SSSR count). The molecule has 0 heterocycles. The summed E-state index contributed by atoms with van der Waals surface area (Å²) in [6, 6.07) is 13.3. The highest BCUT2D eigenvalue weighted by Crippen LogP contribution is 2.25. The molecule has 0 bridgehead atoms. The van der Waals surface area contributed by atoms with Gasteiger partial charge in [-0.25, -0.2) is 12.8 Å². The zero-order valence-corrected chi connectivity index (χ0v) is 12.5. The monoisotopic (exact) mass is 322 g/mol. The summed E-state index contributed by atoms with van der Waals surface area (Å²) in [7, 11) is -4.13. The molecule has 2 N–H and O–H groups in total. The third-order valence-electron chi connectivity index (χ3n) is 3.01. The lowest BCUT2D eigenvalue weighted by Crippen LogP contribution is -2.34. The fourth-order valence-electron chi connectivity index (χ4n) is 1.97. The van der Waals surface area contributed by atoms with Crippen LogP contribution >= 0.6 is 0 Å². The minimum absolute atomic E-state index is 0.157. The Labute approximate surface area is 128 Å². The summed E-state index contributed by atoms with van der Waals surface area (Å²) in [6.45, 7) is -0.157. The largest absolute Gasteiger partial charge is 0.370 e. The molecular weight excluding hydrogens is 307 g/mol. The molecular formula is C15H15FN2O3S. The molecule has 0 unspecified atom stereocenters. The van der Waals surface area contributed by atoms with E-state index in [4.69, 9.17) is 5.73 Å². The van der Waals surface area contributed by atoms with Gasteiger partial charge in [-0.3, -0.25) is 9.10 Å². The first-order valence-corrected chi connectivity index (χ1v) is 7.97. The zero-order valence-electron chi connectivity index (χ0n) is 11.6. The van der Waals surface area contributed by atoms with Crippen molar-refractivity contribution < 1.29 is 17.6 Å². The quantitative estimate of drug-likeness (QED) is 0.882. The maximum Gasteiger partial charge on any atom is 0.267 e. The van der Waals surface area contributed by atoms with Crippen LogP contribution in [0.1, 0.15) is 6.42 Å². The van der Waals surface area contributed by atoms with Gasteiger partial charge in [-0.15, -0.1) is 0 Å². The molecule has 7 heteroatoms. The first kappa shape index (κ1) is 16.0. The smallest absolute Gasteiger partial charge is 0.267 e. The van der Waals surface area contributed by atoms with Crippen molar-refractivity contribution in [2.75, 3.05) is 10.8 Å². The average Bonchev–Trinajstić information content (AvgIpc) is 2.48. The van der Waals surface area contributed by atoms with Gasteiger partial charge < -0.3 is 5.73 Å². The summed E-state index contributed by atoms with van der Waals surface area (Å²) in [5.41, 5.74) is 5.44. The molecule has 0 aliphatic heterocycles. The fourth-order valence-corrected chi connectivity index (χ4v) is 3.50. The summed E-state index contributed by atoms with van der Waals surface area (Å²) in [5, 5.41) is 0. The molecule has 22 heavy (non-hydrogen) atoms. The van der Waals surface area contributed by atoms with E-state index in [2.05, 4.69) is 0 Å². The molecule has 0 fully saturated rings. The van der Waals surface area contributed by atoms with Crippen LogP contribution in [0.2, 0.25) is 0 Å². The van der Waals surface area contributed by atoms with Crippen LogP contribution in [0.25, 0.3) is 0 Å². The van der Waals surface area contributed by atoms with Gasteiger partial charge in [0.2, 0.25) is 5.91 Å². The highest BCUT2D eigenvalue weighted by molar-refractivity contribution is 7.92. The van der Waals surface area contributed by atoms with Crippen molar-refractivity contribution in [1.82, 2.24) is 0 Å². The molecule has 0 spiro atoms. The second kappa shape index (κ2) is 6.57. The third-order valence-corrected chi connectivity index (χ3v) is 4.87. The van der Waals surface area contributed by atoms with E-state index in [1.807, 2.05) is 0 Å². The minimum Gasteiger partial charge on any atom is -0.370 e. The van der Waals surface area contributed by atoms with Gasteiger partial charge in [-0.05, 0) is 24.3 Å². The van der Waals surface area contributed by atoms with E-state index in [0.29, 0.717) is 5.69 Å². The SMILES string of the molecule is NC(=O)CCN(c1ccccc1)S(=O)(=O)c1ccccc1F. The lowest BCUT2D eigenvalue weighted by molar-refractivity contribution is -0.117. The van der Waals surface area contributed by atoms with E-state index in [-0.39, 0.29) is 13.0 Å². The molecule has 116 valence electrons. The van der Waals surface area contributed by atoms with E-state index in [1.165, 1.54) is 18.2 Å². The van der Waals surface area contributed by atoms with E-state index in [1.54, 1.807) is 30.3 Å². The van der Waals surface area contributed by atoms with Crippen molar-refractivity contribution in [2.24, 2.45) is 5.73 Å². The van der Waals surface area contributed by atoms with Crippen molar-refractivity contribution >= 4 is 21.6 Å². The number of nitrogens with zero attached hydrogens (tertiary/aromatic N) is 1. The van der Waals surface area contributed by atoms with Crippen LogP contribution in [0.15, 0.2) is 59.5 Å². The van der Waals surface area contributed by atoms with Crippen molar-refractivity contribution in [3.8, 4) is 0 Å². The zero-order chi connectivity index (χ0) is 16.2. The van der Waals surface area contributed by atoms with Gasteiger partial charge in [0, 0.05) is 13.0 Å². The predicted octanol–water partition coefficient (Wildman–Crippen LogP) is 1.90. The summed E-state index contributed by atoms with van der Waals surface area (Å²) in [4.78, 5) is 10.6. The van der Waals surface area contributed by atoms with Crippen molar-refractivity contribution in [3.05, 3.63) is 60.4 Å². The predicted molar refractivity (Wildman–Crippen MR) is 81.2 cm³/mol. The Balaban J connectivity index is 2.48. The summed E-state index contributed by atoms with van der Waals surface area (Å²) in [6.07, 6.45) is -0.164. The van der Waals surface area contributed by atoms with E-state index >= 15 is 0 Å². The average molecular weight is 322 g/mol. The molecule has 0 radical (unpaired) electrons. The van der Waals surface area contributed by atoms with E-state index < -0.39 is 26.6 Å². The van der Waals surface area contributed by atoms with Crippen LogP contribution in [-0.2, 0) is 14.8 Å². The number of carbonyl (C=O) groups is 1.